The fourth-order valence-electron chi connectivity index (χ4n) is 2.43. The lowest BCUT2D eigenvalue weighted by Crippen LogP contribution is -2.35. The van der Waals surface area contributed by atoms with Crippen LogP contribution in [0, 0.1) is 11.8 Å². The summed E-state index contributed by atoms with van der Waals surface area (Å²) in [6.45, 7) is 3.86. The Kier molecular flexibility index (Phi) is 6.05. The highest BCUT2D eigenvalue weighted by molar-refractivity contribution is 5.92. The quantitative estimate of drug-likeness (QED) is 0.797. The van der Waals surface area contributed by atoms with E-state index in [-0.39, 0.29) is 23.7 Å². The Morgan fingerprint density at radius 2 is 1.84 bits per heavy atom. The summed E-state index contributed by atoms with van der Waals surface area (Å²) in [6, 6.07) is 11.3. The van der Waals surface area contributed by atoms with Crippen molar-refractivity contribution < 1.29 is 14.7 Å². The highest BCUT2D eigenvalue weighted by Crippen LogP contribution is 2.11. The van der Waals surface area contributed by atoms with Gasteiger partial charge in [0.1, 0.15) is 5.69 Å². The molecule has 1 amide bonds. The number of carboxylic acids is 1. The Hall–Kier alpha value is -2.96. The second kappa shape index (κ2) is 8.23. The summed E-state index contributed by atoms with van der Waals surface area (Å²) in [7, 11) is 0. The van der Waals surface area contributed by atoms with Gasteiger partial charge in [0.05, 0.1) is 11.6 Å². The molecule has 132 valence electrons. The van der Waals surface area contributed by atoms with Crippen molar-refractivity contribution in [2.75, 3.05) is 6.54 Å². The molecule has 7 heteroatoms. The molecule has 2 aromatic rings. The average Bonchev–Trinajstić information content (AvgIpc) is 2.59. The van der Waals surface area contributed by atoms with Gasteiger partial charge in [-0.05, 0) is 30.5 Å². The molecule has 7 nitrogen and oxygen atoms in total. The first-order valence-electron chi connectivity index (χ1n) is 8.05. The van der Waals surface area contributed by atoms with Crippen molar-refractivity contribution in [2.24, 2.45) is 11.8 Å². The van der Waals surface area contributed by atoms with Crippen molar-refractivity contribution in [1.29, 1.82) is 0 Å². The number of nitrogens with zero attached hydrogens (tertiary/aromatic N) is 2. The number of carbonyl (C=O) groups is 2. The minimum Gasteiger partial charge on any atom is -0.481 e. The van der Waals surface area contributed by atoms with E-state index in [1.807, 2.05) is 19.9 Å². The lowest BCUT2D eigenvalue weighted by molar-refractivity contribution is -0.142. The summed E-state index contributed by atoms with van der Waals surface area (Å²) in [5, 5.41) is 15.9. The van der Waals surface area contributed by atoms with E-state index in [1.165, 1.54) is 12.1 Å². The van der Waals surface area contributed by atoms with Crippen LogP contribution in [0.5, 0.6) is 0 Å². The summed E-state index contributed by atoms with van der Waals surface area (Å²) in [5.74, 6) is -1.92. The number of carboxylic acid groups (broad SMARTS) is 1. The van der Waals surface area contributed by atoms with Crippen LogP contribution in [0.3, 0.4) is 0 Å². The van der Waals surface area contributed by atoms with Gasteiger partial charge in [-0.3, -0.25) is 14.4 Å². The number of nitrogens with one attached hydrogen (secondary N) is 1. The minimum absolute atomic E-state index is 0.0124. The highest BCUT2D eigenvalue weighted by Gasteiger charge is 2.20. The number of hydrogen-bond acceptors (Lipinski definition) is 4. The van der Waals surface area contributed by atoms with Crippen LogP contribution in [0.25, 0.3) is 5.69 Å². The third-order valence-electron chi connectivity index (χ3n) is 3.65. The Balaban J connectivity index is 2.15. The van der Waals surface area contributed by atoms with E-state index in [0.29, 0.717) is 12.1 Å². The van der Waals surface area contributed by atoms with E-state index in [9.17, 15) is 19.5 Å². The lowest BCUT2D eigenvalue weighted by Gasteiger charge is -2.15. The second-order valence-electron chi connectivity index (χ2n) is 6.18. The van der Waals surface area contributed by atoms with E-state index in [1.54, 1.807) is 24.3 Å². The molecular formula is C18H21N3O4. The largest absolute Gasteiger partial charge is 0.481 e. The molecule has 0 saturated heterocycles. The van der Waals surface area contributed by atoms with Crippen LogP contribution in [0.15, 0.2) is 47.3 Å². The van der Waals surface area contributed by atoms with Crippen molar-refractivity contribution >= 4 is 11.9 Å². The molecule has 1 aromatic carbocycles. The first kappa shape index (κ1) is 18.4. The zero-order valence-corrected chi connectivity index (χ0v) is 14.2. The first-order chi connectivity index (χ1) is 11.9. The molecule has 1 aromatic heterocycles. The molecule has 0 aliphatic rings. The van der Waals surface area contributed by atoms with E-state index >= 15 is 0 Å². The average molecular weight is 343 g/mol. The number of hydrogen-bond donors (Lipinski definition) is 2. The molecule has 2 rings (SSSR count). The molecule has 2 N–H and O–H groups in total. The van der Waals surface area contributed by atoms with Gasteiger partial charge in [0.15, 0.2) is 0 Å². The number of benzene rings is 1. The minimum atomic E-state index is -0.948. The molecule has 25 heavy (non-hydrogen) atoms. The number of aromatic nitrogens is 2. The SMILES string of the molecule is CC(C)CC(CNC(=O)c1ccc(=O)n(-c2ccccc2)n1)C(=O)O. The maximum Gasteiger partial charge on any atom is 0.308 e. The van der Waals surface area contributed by atoms with E-state index in [2.05, 4.69) is 10.4 Å². The van der Waals surface area contributed by atoms with Crippen LogP contribution < -0.4 is 10.9 Å². The summed E-state index contributed by atoms with van der Waals surface area (Å²) in [4.78, 5) is 35.5. The Bertz CT molecular complexity index is 799. The topological polar surface area (TPSA) is 101 Å². The van der Waals surface area contributed by atoms with Gasteiger partial charge in [-0.2, -0.15) is 9.78 Å². The molecule has 0 radical (unpaired) electrons. The summed E-state index contributed by atoms with van der Waals surface area (Å²) < 4.78 is 1.14. The maximum absolute atomic E-state index is 12.3. The van der Waals surface area contributed by atoms with Crippen LogP contribution >= 0.6 is 0 Å². The molecule has 0 spiro atoms. The van der Waals surface area contributed by atoms with E-state index in [0.717, 1.165) is 4.68 Å². The standard InChI is InChI=1S/C18H21N3O4/c1-12(2)10-13(18(24)25)11-19-17(23)15-8-9-16(22)21(20-15)14-6-4-3-5-7-14/h3-9,12-13H,10-11H2,1-2H3,(H,19,23)(H,24,25). The van der Waals surface area contributed by atoms with Crippen molar-refractivity contribution in [3.05, 3.63) is 58.5 Å². The zero-order chi connectivity index (χ0) is 18.4. The summed E-state index contributed by atoms with van der Waals surface area (Å²) in [6.07, 6.45) is 0.465. The Labute approximate surface area is 145 Å². The third-order valence-corrected chi connectivity index (χ3v) is 3.65. The number of carbonyl (C=O) groups excluding carboxylic acids is 1. The molecule has 0 aliphatic carbocycles. The fraction of sp³-hybridized carbons (Fsp3) is 0.333. The molecule has 0 saturated carbocycles. The molecule has 0 aliphatic heterocycles. The summed E-state index contributed by atoms with van der Waals surface area (Å²) in [5.41, 5.74) is 0.244. The number of para-hydroxylation sites is 1. The van der Waals surface area contributed by atoms with Crippen LogP contribution in [0.4, 0.5) is 0 Å². The molecule has 0 bridgehead atoms. The van der Waals surface area contributed by atoms with Crippen molar-refractivity contribution in [3.8, 4) is 5.69 Å². The molecule has 1 atom stereocenters. The van der Waals surface area contributed by atoms with Gasteiger partial charge in [0, 0.05) is 12.6 Å². The predicted molar refractivity (Wildman–Crippen MR) is 92.7 cm³/mol. The Morgan fingerprint density at radius 3 is 2.44 bits per heavy atom. The highest BCUT2D eigenvalue weighted by atomic mass is 16.4. The molecular weight excluding hydrogens is 322 g/mol. The zero-order valence-electron chi connectivity index (χ0n) is 14.2. The van der Waals surface area contributed by atoms with E-state index < -0.39 is 17.8 Å². The predicted octanol–water partition coefficient (Wildman–Crippen LogP) is 1.71. The van der Waals surface area contributed by atoms with Gasteiger partial charge in [-0.1, -0.05) is 32.0 Å². The normalized spacial score (nSPS) is 12.0. The van der Waals surface area contributed by atoms with Crippen molar-refractivity contribution in [3.63, 3.8) is 0 Å². The second-order valence-corrected chi connectivity index (χ2v) is 6.18. The van der Waals surface area contributed by atoms with Gasteiger partial charge < -0.3 is 10.4 Å². The van der Waals surface area contributed by atoms with Crippen LogP contribution in [0.2, 0.25) is 0 Å². The fourth-order valence-corrected chi connectivity index (χ4v) is 2.43. The third kappa shape index (κ3) is 5.00. The van der Waals surface area contributed by atoms with Crippen molar-refractivity contribution in [1.82, 2.24) is 15.1 Å². The van der Waals surface area contributed by atoms with Gasteiger partial charge in [0.25, 0.3) is 11.5 Å². The lowest BCUT2D eigenvalue weighted by atomic mass is 9.97. The van der Waals surface area contributed by atoms with Crippen LogP contribution in [0.1, 0.15) is 30.8 Å². The molecule has 1 unspecified atom stereocenters. The van der Waals surface area contributed by atoms with Gasteiger partial charge >= 0.3 is 5.97 Å². The number of amides is 1. The first-order valence-corrected chi connectivity index (χ1v) is 8.05. The van der Waals surface area contributed by atoms with Crippen LogP contribution in [-0.4, -0.2) is 33.3 Å². The van der Waals surface area contributed by atoms with Gasteiger partial charge in [0.2, 0.25) is 0 Å². The smallest absolute Gasteiger partial charge is 0.308 e. The number of aliphatic carboxylic acids is 1. The summed E-state index contributed by atoms with van der Waals surface area (Å²) >= 11 is 0. The van der Waals surface area contributed by atoms with E-state index in [4.69, 9.17) is 0 Å². The molecule has 1 heterocycles. The number of rotatable bonds is 7. The molecule has 0 fully saturated rings. The van der Waals surface area contributed by atoms with Crippen LogP contribution in [-0.2, 0) is 4.79 Å². The van der Waals surface area contributed by atoms with Gasteiger partial charge in [-0.15, -0.1) is 0 Å². The monoisotopic (exact) mass is 343 g/mol. The van der Waals surface area contributed by atoms with Crippen molar-refractivity contribution in [2.45, 2.75) is 20.3 Å². The Morgan fingerprint density at radius 1 is 1.16 bits per heavy atom. The maximum atomic E-state index is 12.3. The van der Waals surface area contributed by atoms with Gasteiger partial charge in [-0.25, -0.2) is 0 Å².